The lowest BCUT2D eigenvalue weighted by Crippen LogP contribution is -2.23. The van der Waals surface area contributed by atoms with Crippen molar-refractivity contribution in [2.24, 2.45) is 5.92 Å². The third-order valence-electron chi connectivity index (χ3n) is 2.82. The zero-order chi connectivity index (χ0) is 12.0. The molecule has 1 rings (SSSR count). The van der Waals surface area contributed by atoms with Crippen molar-refractivity contribution < 1.29 is 5.11 Å². The van der Waals surface area contributed by atoms with E-state index in [-0.39, 0.29) is 6.61 Å². The molecule has 0 bridgehead atoms. The van der Waals surface area contributed by atoms with Crippen LogP contribution in [0.1, 0.15) is 38.9 Å². The molecule has 4 heteroatoms. The molecule has 1 aromatic heterocycles. The van der Waals surface area contributed by atoms with Gasteiger partial charge in [0.25, 0.3) is 0 Å². The number of aromatic nitrogens is 2. The van der Waals surface area contributed by atoms with E-state index >= 15 is 0 Å². The first kappa shape index (κ1) is 13.2. The Balaban J connectivity index is 2.35. The van der Waals surface area contributed by atoms with Crippen molar-refractivity contribution in [1.29, 1.82) is 0 Å². The average Bonchev–Trinajstić information content (AvgIpc) is 2.76. The number of nitrogens with zero attached hydrogens (tertiary/aromatic N) is 2. The minimum absolute atomic E-state index is 0.230. The van der Waals surface area contributed by atoms with E-state index in [1.54, 1.807) is 0 Å². The Labute approximate surface area is 97.7 Å². The fourth-order valence-electron chi connectivity index (χ4n) is 1.42. The van der Waals surface area contributed by atoms with Crippen molar-refractivity contribution in [1.82, 2.24) is 15.1 Å². The summed E-state index contributed by atoms with van der Waals surface area (Å²) in [6.07, 6.45) is 3.12. The lowest BCUT2D eigenvalue weighted by atomic mass is 10.2. The fraction of sp³-hybridized carbons (Fsp3) is 0.750. The quantitative estimate of drug-likeness (QED) is 0.740. The minimum atomic E-state index is 0.230. The molecule has 92 valence electrons. The summed E-state index contributed by atoms with van der Waals surface area (Å²) in [6.45, 7) is 8.17. The molecule has 2 unspecified atom stereocenters. The number of hydrogen-bond donors (Lipinski definition) is 2. The molecule has 16 heavy (non-hydrogen) atoms. The van der Waals surface area contributed by atoms with Gasteiger partial charge >= 0.3 is 0 Å². The Morgan fingerprint density at radius 2 is 2.25 bits per heavy atom. The Morgan fingerprint density at radius 1 is 1.50 bits per heavy atom. The van der Waals surface area contributed by atoms with E-state index in [0.717, 1.165) is 25.2 Å². The zero-order valence-electron chi connectivity index (χ0n) is 10.5. The molecule has 0 aliphatic rings. The molecular formula is C12H23N3O. The van der Waals surface area contributed by atoms with E-state index in [9.17, 15) is 0 Å². The summed E-state index contributed by atoms with van der Waals surface area (Å²) in [4.78, 5) is 0. The second-order valence-corrected chi connectivity index (χ2v) is 4.46. The molecule has 0 amide bonds. The second-order valence-electron chi connectivity index (χ2n) is 4.46. The van der Waals surface area contributed by atoms with E-state index < -0.39 is 0 Å². The second kappa shape index (κ2) is 6.66. The van der Waals surface area contributed by atoms with Crippen LogP contribution in [0.5, 0.6) is 0 Å². The summed E-state index contributed by atoms with van der Waals surface area (Å²) in [5, 5.41) is 16.7. The molecule has 1 heterocycles. The maximum absolute atomic E-state index is 8.88. The standard InChI is InChI=1S/C12H23N3O/c1-4-11(3)15-6-5-12(14-15)8-13-7-10(2)9-16/h5-6,10-11,13,16H,4,7-9H2,1-3H3. The summed E-state index contributed by atoms with van der Waals surface area (Å²) < 4.78 is 2.01. The highest BCUT2D eigenvalue weighted by Gasteiger charge is 2.05. The van der Waals surface area contributed by atoms with Crippen LogP contribution in [0.4, 0.5) is 0 Å². The van der Waals surface area contributed by atoms with Gasteiger partial charge in [-0.1, -0.05) is 13.8 Å². The number of aliphatic hydroxyl groups is 1. The molecule has 0 radical (unpaired) electrons. The van der Waals surface area contributed by atoms with E-state index in [0.29, 0.717) is 12.0 Å². The smallest absolute Gasteiger partial charge is 0.0762 e. The van der Waals surface area contributed by atoms with Gasteiger partial charge in [0.1, 0.15) is 0 Å². The molecule has 0 aromatic carbocycles. The Kier molecular flexibility index (Phi) is 5.49. The van der Waals surface area contributed by atoms with Gasteiger partial charge in [-0.2, -0.15) is 5.10 Å². The van der Waals surface area contributed by atoms with Crippen LogP contribution < -0.4 is 5.32 Å². The minimum Gasteiger partial charge on any atom is -0.396 e. The molecule has 1 aromatic rings. The van der Waals surface area contributed by atoms with Crippen LogP contribution in [0, 0.1) is 5.92 Å². The molecule has 0 aliphatic heterocycles. The SMILES string of the molecule is CCC(C)n1ccc(CNCC(C)CO)n1. The Morgan fingerprint density at radius 3 is 2.88 bits per heavy atom. The monoisotopic (exact) mass is 225 g/mol. The Bertz CT molecular complexity index is 298. The number of rotatable bonds is 7. The van der Waals surface area contributed by atoms with E-state index in [2.05, 4.69) is 24.3 Å². The molecular weight excluding hydrogens is 202 g/mol. The third-order valence-corrected chi connectivity index (χ3v) is 2.82. The van der Waals surface area contributed by atoms with Crippen molar-refractivity contribution in [3.63, 3.8) is 0 Å². The molecule has 0 saturated heterocycles. The highest BCUT2D eigenvalue weighted by atomic mass is 16.3. The van der Waals surface area contributed by atoms with Gasteiger partial charge in [-0.3, -0.25) is 4.68 Å². The predicted octanol–water partition coefficient (Wildman–Crippen LogP) is 1.57. The molecule has 0 spiro atoms. The van der Waals surface area contributed by atoms with Crippen molar-refractivity contribution in [2.45, 2.75) is 39.8 Å². The van der Waals surface area contributed by atoms with Crippen molar-refractivity contribution in [3.8, 4) is 0 Å². The number of hydrogen-bond acceptors (Lipinski definition) is 3. The van der Waals surface area contributed by atoms with Crippen molar-refractivity contribution >= 4 is 0 Å². The van der Waals surface area contributed by atoms with E-state index in [1.807, 2.05) is 23.9 Å². The fourth-order valence-corrected chi connectivity index (χ4v) is 1.42. The molecule has 0 aliphatic carbocycles. The van der Waals surface area contributed by atoms with Crippen LogP contribution >= 0.6 is 0 Å². The zero-order valence-corrected chi connectivity index (χ0v) is 10.5. The number of aliphatic hydroxyl groups excluding tert-OH is 1. The van der Waals surface area contributed by atoms with Crippen molar-refractivity contribution in [3.05, 3.63) is 18.0 Å². The first-order valence-corrected chi connectivity index (χ1v) is 6.03. The van der Waals surface area contributed by atoms with E-state index in [1.165, 1.54) is 0 Å². The lowest BCUT2D eigenvalue weighted by Gasteiger charge is -2.09. The predicted molar refractivity (Wildman–Crippen MR) is 65.2 cm³/mol. The third kappa shape index (κ3) is 3.94. The highest BCUT2D eigenvalue weighted by Crippen LogP contribution is 2.08. The topological polar surface area (TPSA) is 50.1 Å². The molecule has 0 fully saturated rings. The maximum atomic E-state index is 8.88. The summed E-state index contributed by atoms with van der Waals surface area (Å²) in [6, 6.07) is 2.51. The van der Waals surface area contributed by atoms with Gasteiger partial charge in [0.2, 0.25) is 0 Å². The first-order chi connectivity index (χ1) is 7.67. The van der Waals surface area contributed by atoms with Gasteiger partial charge in [-0.05, 0) is 25.3 Å². The average molecular weight is 225 g/mol. The van der Waals surface area contributed by atoms with Gasteiger partial charge in [0.15, 0.2) is 0 Å². The van der Waals surface area contributed by atoms with E-state index in [4.69, 9.17) is 5.11 Å². The van der Waals surface area contributed by atoms with Gasteiger partial charge in [-0.25, -0.2) is 0 Å². The van der Waals surface area contributed by atoms with Crippen LogP contribution in [-0.4, -0.2) is 28.0 Å². The van der Waals surface area contributed by atoms with Gasteiger partial charge in [-0.15, -0.1) is 0 Å². The maximum Gasteiger partial charge on any atom is 0.0762 e. The summed E-state index contributed by atoms with van der Waals surface area (Å²) in [5.41, 5.74) is 1.06. The van der Waals surface area contributed by atoms with Gasteiger partial charge in [0, 0.05) is 31.9 Å². The largest absolute Gasteiger partial charge is 0.396 e. The molecule has 2 atom stereocenters. The van der Waals surface area contributed by atoms with Gasteiger partial charge < -0.3 is 10.4 Å². The molecule has 2 N–H and O–H groups in total. The van der Waals surface area contributed by atoms with Crippen LogP contribution in [-0.2, 0) is 6.54 Å². The lowest BCUT2D eigenvalue weighted by molar-refractivity contribution is 0.233. The normalized spacial score (nSPS) is 15.0. The Hall–Kier alpha value is -0.870. The number of nitrogens with one attached hydrogen (secondary N) is 1. The molecule has 4 nitrogen and oxygen atoms in total. The summed E-state index contributed by atoms with van der Waals surface area (Å²) in [7, 11) is 0. The van der Waals surface area contributed by atoms with Crippen LogP contribution in [0.2, 0.25) is 0 Å². The van der Waals surface area contributed by atoms with Crippen LogP contribution in [0.25, 0.3) is 0 Å². The van der Waals surface area contributed by atoms with Crippen LogP contribution in [0.15, 0.2) is 12.3 Å². The highest BCUT2D eigenvalue weighted by molar-refractivity contribution is 4.99. The molecule has 0 saturated carbocycles. The summed E-state index contributed by atoms with van der Waals surface area (Å²) >= 11 is 0. The van der Waals surface area contributed by atoms with Gasteiger partial charge in [0.05, 0.1) is 5.69 Å². The van der Waals surface area contributed by atoms with Crippen molar-refractivity contribution in [2.75, 3.05) is 13.2 Å². The summed E-state index contributed by atoms with van der Waals surface area (Å²) in [5.74, 6) is 0.302. The van der Waals surface area contributed by atoms with Crippen LogP contribution in [0.3, 0.4) is 0 Å². The first-order valence-electron chi connectivity index (χ1n) is 6.03.